The number of hydrogen-bond donors (Lipinski definition) is 1. The Morgan fingerprint density at radius 1 is 0.850 bits per heavy atom. The molecule has 0 bridgehead atoms. The third-order valence-corrected chi connectivity index (χ3v) is 3.60. The molecule has 0 fully saturated rings. The predicted octanol–water partition coefficient (Wildman–Crippen LogP) is 4.15. The van der Waals surface area contributed by atoms with Gasteiger partial charge in [-0.25, -0.2) is 0 Å². The molecule has 2 aromatic carbocycles. The van der Waals surface area contributed by atoms with Crippen LogP contribution >= 0.6 is 0 Å². The van der Waals surface area contributed by atoms with Gasteiger partial charge in [0.05, 0.1) is 6.10 Å². The molecule has 1 nitrogen and oxygen atoms in total. The average Bonchev–Trinajstić information content (AvgIpc) is 2.35. The smallest absolute Gasteiger partial charge is 0.0583 e. The van der Waals surface area contributed by atoms with Gasteiger partial charge in [-0.15, -0.1) is 0 Å². The Labute approximate surface area is 122 Å². The summed E-state index contributed by atoms with van der Waals surface area (Å²) in [4.78, 5) is 0. The van der Waals surface area contributed by atoms with Gasteiger partial charge in [0.15, 0.2) is 0 Å². The normalized spacial score (nSPS) is 12.4. The minimum Gasteiger partial charge on any atom is -0.393 e. The first kappa shape index (κ1) is 14.8. The summed E-state index contributed by atoms with van der Waals surface area (Å²) in [6.07, 6.45) is 2.23. The van der Waals surface area contributed by atoms with Crippen molar-refractivity contribution < 1.29 is 5.11 Å². The molecule has 0 saturated carbocycles. The van der Waals surface area contributed by atoms with Gasteiger partial charge in [-0.3, -0.25) is 0 Å². The third-order valence-electron chi connectivity index (χ3n) is 3.60. The molecule has 0 aliphatic heterocycles. The van der Waals surface area contributed by atoms with E-state index in [1.54, 1.807) is 0 Å². The number of aliphatic hydroxyl groups excluding tert-OH is 1. The molecule has 0 spiro atoms. The van der Waals surface area contributed by atoms with Crippen LogP contribution in [0.2, 0.25) is 0 Å². The molecule has 0 aromatic heterocycles. The molecule has 1 heteroatoms. The van der Waals surface area contributed by atoms with Crippen molar-refractivity contribution in [2.75, 3.05) is 0 Å². The van der Waals surface area contributed by atoms with Crippen LogP contribution in [0, 0.1) is 20.8 Å². The maximum Gasteiger partial charge on any atom is 0.0583 e. The summed E-state index contributed by atoms with van der Waals surface area (Å²) >= 11 is 0. The van der Waals surface area contributed by atoms with Crippen LogP contribution in [0.15, 0.2) is 42.5 Å². The Kier molecular flexibility index (Phi) is 4.97. The van der Waals surface area contributed by atoms with E-state index in [0.717, 1.165) is 19.3 Å². The zero-order chi connectivity index (χ0) is 14.5. The van der Waals surface area contributed by atoms with E-state index in [2.05, 4.69) is 63.2 Å². The summed E-state index contributed by atoms with van der Waals surface area (Å²) in [5.41, 5.74) is 6.37. The van der Waals surface area contributed by atoms with Gasteiger partial charge in [0.2, 0.25) is 0 Å². The summed E-state index contributed by atoms with van der Waals surface area (Å²) in [5, 5.41) is 10.2. The van der Waals surface area contributed by atoms with E-state index in [-0.39, 0.29) is 6.10 Å². The fourth-order valence-corrected chi connectivity index (χ4v) is 2.76. The Morgan fingerprint density at radius 3 is 2.15 bits per heavy atom. The summed E-state index contributed by atoms with van der Waals surface area (Å²) in [6.45, 7) is 6.32. The molecule has 0 radical (unpaired) electrons. The minimum absolute atomic E-state index is 0.267. The van der Waals surface area contributed by atoms with Crippen molar-refractivity contribution in [1.82, 2.24) is 0 Å². The van der Waals surface area contributed by atoms with Gasteiger partial charge in [0.1, 0.15) is 0 Å². The van der Waals surface area contributed by atoms with E-state index in [1.165, 1.54) is 27.8 Å². The lowest BCUT2D eigenvalue weighted by molar-refractivity contribution is 0.165. The number of aliphatic hydroxyl groups is 1. The molecule has 0 saturated heterocycles. The van der Waals surface area contributed by atoms with Crippen LogP contribution in [-0.2, 0) is 12.8 Å². The molecule has 1 atom stereocenters. The van der Waals surface area contributed by atoms with Crippen molar-refractivity contribution in [3.05, 3.63) is 70.3 Å². The number of hydrogen-bond acceptors (Lipinski definition) is 1. The molecule has 0 aliphatic carbocycles. The Bertz CT molecular complexity index is 551. The lowest BCUT2D eigenvalue weighted by atomic mass is 9.98. The molecule has 106 valence electrons. The van der Waals surface area contributed by atoms with E-state index >= 15 is 0 Å². The van der Waals surface area contributed by atoms with Gasteiger partial charge in [-0.1, -0.05) is 59.2 Å². The quantitative estimate of drug-likeness (QED) is 0.863. The molecule has 1 N–H and O–H groups in total. The number of benzene rings is 2. The Balaban J connectivity index is 1.90. The van der Waals surface area contributed by atoms with Crippen molar-refractivity contribution in [1.29, 1.82) is 0 Å². The van der Waals surface area contributed by atoms with Gasteiger partial charge in [-0.2, -0.15) is 0 Å². The van der Waals surface area contributed by atoms with Crippen molar-refractivity contribution in [3.63, 3.8) is 0 Å². The predicted molar refractivity (Wildman–Crippen MR) is 85.1 cm³/mol. The highest BCUT2D eigenvalue weighted by Crippen LogP contribution is 2.14. The first-order valence-electron chi connectivity index (χ1n) is 7.34. The molecular weight excluding hydrogens is 244 g/mol. The summed E-state index contributed by atoms with van der Waals surface area (Å²) in [6, 6.07) is 15.0. The minimum atomic E-state index is -0.267. The summed E-state index contributed by atoms with van der Waals surface area (Å²) in [5.74, 6) is 0. The zero-order valence-electron chi connectivity index (χ0n) is 12.7. The fraction of sp³-hybridized carbons (Fsp3) is 0.368. The van der Waals surface area contributed by atoms with Crippen LogP contribution in [0.5, 0.6) is 0 Å². The molecule has 0 heterocycles. The highest BCUT2D eigenvalue weighted by molar-refractivity contribution is 5.29. The van der Waals surface area contributed by atoms with Crippen LogP contribution < -0.4 is 0 Å². The van der Waals surface area contributed by atoms with Gasteiger partial charge in [0.25, 0.3) is 0 Å². The van der Waals surface area contributed by atoms with Crippen LogP contribution in [0.3, 0.4) is 0 Å². The maximum atomic E-state index is 10.2. The van der Waals surface area contributed by atoms with Gasteiger partial charge < -0.3 is 5.11 Å². The number of rotatable bonds is 5. The first-order chi connectivity index (χ1) is 9.52. The van der Waals surface area contributed by atoms with Crippen molar-refractivity contribution in [2.24, 2.45) is 0 Å². The Hall–Kier alpha value is -1.60. The molecule has 1 unspecified atom stereocenters. The van der Waals surface area contributed by atoms with E-state index in [4.69, 9.17) is 0 Å². The van der Waals surface area contributed by atoms with Crippen LogP contribution in [0.25, 0.3) is 0 Å². The maximum absolute atomic E-state index is 10.2. The summed E-state index contributed by atoms with van der Waals surface area (Å²) < 4.78 is 0. The number of aryl methyl sites for hydroxylation is 4. The lowest BCUT2D eigenvalue weighted by Crippen LogP contribution is -2.12. The molecule has 2 rings (SSSR count). The lowest BCUT2D eigenvalue weighted by Gasteiger charge is -2.12. The highest BCUT2D eigenvalue weighted by Gasteiger charge is 2.07. The molecular formula is C19H24O. The fourth-order valence-electron chi connectivity index (χ4n) is 2.76. The average molecular weight is 268 g/mol. The van der Waals surface area contributed by atoms with Crippen molar-refractivity contribution >= 4 is 0 Å². The van der Waals surface area contributed by atoms with E-state index in [0.29, 0.717) is 0 Å². The Morgan fingerprint density at radius 2 is 1.50 bits per heavy atom. The standard InChI is InChI=1S/C19H24O/c1-14-5-4-6-17(10-14)7-8-19(20)13-18-11-15(2)9-16(3)12-18/h4-6,9-12,19-20H,7-8,13H2,1-3H3. The summed E-state index contributed by atoms with van der Waals surface area (Å²) in [7, 11) is 0. The molecule has 2 aromatic rings. The second kappa shape index (κ2) is 6.71. The van der Waals surface area contributed by atoms with E-state index in [1.807, 2.05) is 0 Å². The van der Waals surface area contributed by atoms with Crippen molar-refractivity contribution in [2.45, 2.75) is 46.1 Å². The van der Waals surface area contributed by atoms with Crippen LogP contribution in [0.4, 0.5) is 0 Å². The van der Waals surface area contributed by atoms with Gasteiger partial charge in [0, 0.05) is 0 Å². The zero-order valence-corrected chi connectivity index (χ0v) is 12.7. The topological polar surface area (TPSA) is 20.2 Å². The van der Waals surface area contributed by atoms with Gasteiger partial charge >= 0.3 is 0 Å². The van der Waals surface area contributed by atoms with E-state index < -0.39 is 0 Å². The molecule has 20 heavy (non-hydrogen) atoms. The third kappa shape index (κ3) is 4.50. The van der Waals surface area contributed by atoms with E-state index in [9.17, 15) is 5.11 Å². The van der Waals surface area contributed by atoms with Crippen molar-refractivity contribution in [3.8, 4) is 0 Å². The first-order valence-corrected chi connectivity index (χ1v) is 7.34. The molecule has 0 aliphatic rings. The van der Waals surface area contributed by atoms with Crippen LogP contribution in [0.1, 0.15) is 34.2 Å². The monoisotopic (exact) mass is 268 g/mol. The van der Waals surface area contributed by atoms with Crippen LogP contribution in [-0.4, -0.2) is 11.2 Å². The second-order valence-electron chi connectivity index (χ2n) is 5.88. The largest absolute Gasteiger partial charge is 0.393 e. The second-order valence-corrected chi connectivity index (χ2v) is 5.88. The molecule has 0 amide bonds. The SMILES string of the molecule is Cc1cccc(CCC(O)Cc2cc(C)cc(C)c2)c1. The van der Waals surface area contributed by atoms with Gasteiger partial charge in [-0.05, 0) is 51.2 Å². The highest BCUT2D eigenvalue weighted by atomic mass is 16.3.